The van der Waals surface area contributed by atoms with Crippen molar-refractivity contribution in [2.75, 3.05) is 13.7 Å². The summed E-state index contributed by atoms with van der Waals surface area (Å²) in [5.74, 6) is -0.122. The van der Waals surface area contributed by atoms with Crippen LogP contribution in [0.3, 0.4) is 0 Å². The summed E-state index contributed by atoms with van der Waals surface area (Å²) in [6.45, 7) is -0.157. The monoisotopic (exact) mass is 430 g/mol. The molecule has 2 N–H and O–H groups in total. The molecule has 0 radical (unpaired) electrons. The Morgan fingerprint density at radius 2 is 2.03 bits per heavy atom. The largest absolute Gasteiger partial charge is 0.493 e. The predicted molar refractivity (Wildman–Crippen MR) is 109 cm³/mol. The molecule has 2 aromatic rings. The second-order valence-electron chi connectivity index (χ2n) is 6.98. The summed E-state index contributed by atoms with van der Waals surface area (Å²) in [7, 11) is 1.01. The Hall–Kier alpha value is -3.32. The summed E-state index contributed by atoms with van der Waals surface area (Å²) in [5.41, 5.74) is 1.23. The summed E-state index contributed by atoms with van der Waals surface area (Å²) in [6.07, 6.45) is -3.58. The summed E-state index contributed by atoms with van der Waals surface area (Å²) in [5, 5.41) is 21.7. The van der Waals surface area contributed by atoms with E-state index in [0.717, 1.165) is 0 Å². The Morgan fingerprint density at radius 3 is 2.68 bits per heavy atom. The van der Waals surface area contributed by atoms with E-state index in [9.17, 15) is 23.9 Å². The Morgan fingerprint density at radius 1 is 1.29 bits per heavy atom. The van der Waals surface area contributed by atoms with Crippen LogP contribution in [0, 0.1) is 11.3 Å². The molecule has 1 amide bonds. The molecule has 0 saturated carbocycles. The zero-order chi connectivity index (χ0) is 22.4. The van der Waals surface area contributed by atoms with Gasteiger partial charge in [0.05, 0.1) is 19.6 Å². The van der Waals surface area contributed by atoms with Crippen LogP contribution < -0.4 is 25.0 Å². The Balaban J connectivity index is 1.95. The van der Waals surface area contributed by atoms with Crippen molar-refractivity contribution in [2.45, 2.75) is 31.4 Å². The first-order valence-corrected chi connectivity index (χ1v) is 9.66. The fourth-order valence-corrected chi connectivity index (χ4v) is 3.30. The van der Waals surface area contributed by atoms with Gasteiger partial charge in [0.25, 0.3) is 5.91 Å². The van der Waals surface area contributed by atoms with E-state index in [0.29, 0.717) is 11.0 Å². The van der Waals surface area contributed by atoms with Crippen LogP contribution in [0.2, 0.25) is 0 Å². The molecule has 10 heteroatoms. The smallest absolute Gasteiger partial charge is 0.397 e. The minimum absolute atomic E-state index is 0.0788. The zero-order valence-electron chi connectivity index (χ0n) is 16.9. The van der Waals surface area contributed by atoms with Crippen molar-refractivity contribution >= 4 is 18.9 Å². The Bertz CT molecular complexity index is 979. The van der Waals surface area contributed by atoms with Gasteiger partial charge in [-0.3, -0.25) is 4.79 Å². The van der Waals surface area contributed by atoms with Gasteiger partial charge in [0, 0.05) is 5.56 Å². The molecule has 162 valence electrons. The van der Waals surface area contributed by atoms with Crippen molar-refractivity contribution < 1.29 is 32.8 Å². The van der Waals surface area contributed by atoms with Crippen LogP contribution in [0.5, 0.6) is 17.2 Å². The fraction of sp³-hybridized carbons (Fsp3) is 0.333. The summed E-state index contributed by atoms with van der Waals surface area (Å²) in [6, 6.07) is 9.43. The highest BCUT2D eigenvalue weighted by molar-refractivity contribution is 6.48. The number of rotatable bonds is 2. The van der Waals surface area contributed by atoms with Gasteiger partial charge in [0.2, 0.25) is 0 Å². The maximum absolute atomic E-state index is 14.3. The van der Waals surface area contributed by atoms with Gasteiger partial charge < -0.3 is 24.6 Å². The third kappa shape index (κ3) is 5.44. The summed E-state index contributed by atoms with van der Waals surface area (Å²) >= 11 is 0. The Labute approximate surface area is 178 Å². The van der Waals surface area contributed by atoms with Gasteiger partial charge in [-0.2, -0.15) is 14.0 Å². The third-order valence-corrected chi connectivity index (χ3v) is 4.85. The number of ether oxygens (including phenoxy) is 3. The lowest BCUT2D eigenvalue weighted by molar-refractivity contribution is -0.181. The highest BCUT2D eigenvalue weighted by atomic mass is 19.3. The molecule has 0 spiro atoms. The lowest BCUT2D eigenvalue weighted by Gasteiger charge is -2.21. The molecule has 1 atom stereocenters. The average Bonchev–Trinajstić information content (AvgIpc) is 2.75. The number of alkyl halides is 2. The van der Waals surface area contributed by atoms with Gasteiger partial charge in [-0.15, -0.1) is 0 Å². The molecule has 1 unspecified atom stereocenters. The number of hydrogen-bond acceptors (Lipinski definition) is 6. The van der Waals surface area contributed by atoms with Crippen molar-refractivity contribution in [1.82, 2.24) is 5.32 Å². The molecule has 4 heterocycles. The lowest BCUT2D eigenvalue weighted by Crippen LogP contribution is -2.38. The van der Waals surface area contributed by atoms with Gasteiger partial charge >= 0.3 is 13.6 Å². The predicted octanol–water partition coefficient (Wildman–Crippen LogP) is 1.67. The molecule has 6 rings (SSSR count). The zero-order valence-corrected chi connectivity index (χ0v) is 16.9. The van der Waals surface area contributed by atoms with E-state index < -0.39 is 24.5 Å². The SMILES string of the molecule is COc1c2ccc(c1BO)CCCC(F)(F)Oc1ccc(cc1)C(=O)NC(C#N)CO2. The minimum Gasteiger partial charge on any atom is -0.493 e. The molecule has 31 heavy (non-hydrogen) atoms. The first kappa shape index (κ1) is 22.4. The van der Waals surface area contributed by atoms with Crippen LogP contribution >= 0.6 is 0 Å². The number of nitrogens with one attached hydrogen (secondary N) is 1. The molecule has 0 aliphatic carbocycles. The molecule has 2 aromatic carbocycles. The average molecular weight is 430 g/mol. The van der Waals surface area contributed by atoms with Gasteiger partial charge in [0.15, 0.2) is 17.5 Å². The number of carbonyl (C=O) groups excluding carboxylic acids is 1. The van der Waals surface area contributed by atoms with E-state index in [1.807, 2.05) is 6.07 Å². The summed E-state index contributed by atoms with van der Waals surface area (Å²) < 4.78 is 44.3. The molecular formula is C21H21BF2N2O5. The topological polar surface area (TPSA) is 101 Å². The van der Waals surface area contributed by atoms with Crippen molar-refractivity contribution in [3.63, 3.8) is 0 Å². The van der Waals surface area contributed by atoms with Crippen LogP contribution in [-0.2, 0) is 6.42 Å². The molecule has 4 aliphatic rings. The number of halogens is 2. The molecule has 4 bridgehead atoms. The van der Waals surface area contributed by atoms with Gasteiger partial charge in [-0.25, -0.2) is 0 Å². The number of nitriles is 1. The quantitative estimate of drug-likeness (QED) is 0.704. The van der Waals surface area contributed by atoms with Crippen LogP contribution in [0.15, 0.2) is 36.4 Å². The second kappa shape index (κ2) is 9.66. The van der Waals surface area contributed by atoms with Crippen molar-refractivity contribution in [2.24, 2.45) is 0 Å². The molecule has 7 nitrogen and oxygen atoms in total. The Kier molecular flexibility index (Phi) is 6.97. The minimum atomic E-state index is -3.41. The van der Waals surface area contributed by atoms with E-state index in [-0.39, 0.29) is 49.7 Å². The van der Waals surface area contributed by atoms with Crippen molar-refractivity contribution in [3.8, 4) is 23.3 Å². The molecule has 0 saturated heterocycles. The van der Waals surface area contributed by atoms with E-state index in [4.69, 9.17) is 14.2 Å². The number of methoxy groups -OCH3 is 1. The van der Waals surface area contributed by atoms with Crippen LogP contribution in [0.1, 0.15) is 28.8 Å². The van der Waals surface area contributed by atoms with E-state index in [1.54, 1.807) is 12.1 Å². The van der Waals surface area contributed by atoms with Crippen LogP contribution in [-0.4, -0.2) is 44.3 Å². The molecule has 4 aliphatic heterocycles. The number of hydrogen-bond donors (Lipinski definition) is 2. The number of aryl methyl sites for hydroxylation is 1. The second-order valence-corrected chi connectivity index (χ2v) is 6.98. The van der Waals surface area contributed by atoms with E-state index in [2.05, 4.69) is 5.32 Å². The van der Waals surface area contributed by atoms with Gasteiger partial charge in [-0.05, 0) is 54.2 Å². The molecule has 0 aromatic heterocycles. The fourth-order valence-electron chi connectivity index (χ4n) is 3.30. The normalized spacial score (nSPS) is 18.5. The molecule has 0 fully saturated rings. The van der Waals surface area contributed by atoms with Crippen molar-refractivity contribution in [3.05, 3.63) is 47.5 Å². The highest BCUT2D eigenvalue weighted by Gasteiger charge is 2.31. The van der Waals surface area contributed by atoms with E-state index >= 15 is 0 Å². The van der Waals surface area contributed by atoms with Gasteiger partial charge in [-0.1, -0.05) is 6.07 Å². The first-order chi connectivity index (χ1) is 14.9. The van der Waals surface area contributed by atoms with Crippen LogP contribution in [0.25, 0.3) is 0 Å². The third-order valence-electron chi connectivity index (χ3n) is 4.85. The van der Waals surface area contributed by atoms with Gasteiger partial charge in [0.1, 0.15) is 12.4 Å². The summed E-state index contributed by atoms with van der Waals surface area (Å²) in [4.78, 5) is 12.4. The number of carbonyl (C=O) groups is 1. The maximum Gasteiger partial charge on any atom is 0.397 e. The number of nitrogens with zero attached hydrogens (tertiary/aromatic N) is 1. The first-order valence-electron chi connectivity index (χ1n) is 9.66. The van der Waals surface area contributed by atoms with Crippen LogP contribution in [0.4, 0.5) is 8.78 Å². The molecular weight excluding hydrogens is 409 g/mol. The number of amides is 1. The maximum atomic E-state index is 14.3. The number of benzene rings is 2. The van der Waals surface area contributed by atoms with Crippen molar-refractivity contribution in [1.29, 1.82) is 5.26 Å². The van der Waals surface area contributed by atoms with E-state index in [1.165, 1.54) is 31.4 Å². The lowest BCUT2D eigenvalue weighted by atomic mass is 9.81. The highest BCUT2D eigenvalue weighted by Crippen LogP contribution is 2.29. The standard InChI is InChI=1S/C21H21BF2N2O5/c1-29-19-17-9-6-13(18(19)22-28)3-2-10-21(23,24)31-16-7-4-14(5-8-16)20(27)26-15(11-25)12-30-17/h4-9,15,22,28H,2-3,10,12H2,1H3,(H,26,27).